The van der Waals surface area contributed by atoms with E-state index in [0.29, 0.717) is 18.8 Å². The van der Waals surface area contributed by atoms with Crippen LogP contribution in [-0.4, -0.2) is 28.3 Å². The first kappa shape index (κ1) is 10.6. The summed E-state index contributed by atoms with van der Waals surface area (Å²) in [6.07, 6.45) is 7.78. The second-order valence-electron chi connectivity index (χ2n) is 4.18. The summed E-state index contributed by atoms with van der Waals surface area (Å²) in [5.41, 5.74) is 5.53. The minimum absolute atomic E-state index is 0.353. The zero-order valence-corrected chi connectivity index (χ0v) is 9.22. The molecule has 4 heteroatoms. The summed E-state index contributed by atoms with van der Waals surface area (Å²) >= 11 is 0. The van der Waals surface area contributed by atoms with Gasteiger partial charge in [-0.05, 0) is 26.3 Å². The highest BCUT2D eigenvalue weighted by atomic mass is 16.5. The van der Waals surface area contributed by atoms with Crippen molar-refractivity contribution in [3.05, 3.63) is 18.2 Å². The van der Waals surface area contributed by atoms with Crippen molar-refractivity contribution in [3.8, 4) is 0 Å². The molecule has 1 aliphatic heterocycles. The minimum atomic E-state index is 0.353. The number of nitrogens with zero attached hydrogens (tertiary/aromatic N) is 2. The maximum absolute atomic E-state index is 5.79. The largest absolute Gasteiger partial charge is 0.373 e. The van der Waals surface area contributed by atoms with Crippen LogP contribution in [0.5, 0.6) is 0 Å². The van der Waals surface area contributed by atoms with Crippen molar-refractivity contribution in [1.82, 2.24) is 9.55 Å². The van der Waals surface area contributed by atoms with Gasteiger partial charge in [0.25, 0.3) is 0 Å². The Morgan fingerprint density at radius 1 is 1.60 bits per heavy atom. The first-order valence-electron chi connectivity index (χ1n) is 5.65. The second kappa shape index (κ2) is 4.77. The topological polar surface area (TPSA) is 53.1 Å². The SMILES string of the molecule is CC1CCC(Cn2ccnc2CCN)O1. The van der Waals surface area contributed by atoms with E-state index < -0.39 is 0 Å². The highest BCUT2D eigenvalue weighted by molar-refractivity contribution is 4.94. The Balaban J connectivity index is 1.95. The number of aromatic nitrogens is 2. The molecule has 2 N–H and O–H groups in total. The van der Waals surface area contributed by atoms with Crippen LogP contribution in [0.25, 0.3) is 0 Å². The average molecular weight is 209 g/mol. The Bertz CT molecular complexity index is 311. The van der Waals surface area contributed by atoms with Crippen LogP contribution in [0, 0.1) is 0 Å². The monoisotopic (exact) mass is 209 g/mol. The molecule has 15 heavy (non-hydrogen) atoms. The van der Waals surface area contributed by atoms with Gasteiger partial charge in [0.15, 0.2) is 0 Å². The molecule has 0 aromatic carbocycles. The molecule has 0 spiro atoms. The van der Waals surface area contributed by atoms with Crippen molar-refractivity contribution in [1.29, 1.82) is 0 Å². The molecule has 0 amide bonds. The summed E-state index contributed by atoms with van der Waals surface area (Å²) in [6.45, 7) is 3.70. The number of rotatable bonds is 4. The number of hydrogen-bond acceptors (Lipinski definition) is 3. The molecule has 4 nitrogen and oxygen atoms in total. The van der Waals surface area contributed by atoms with Gasteiger partial charge in [-0.2, -0.15) is 0 Å². The van der Waals surface area contributed by atoms with Crippen LogP contribution in [0.2, 0.25) is 0 Å². The summed E-state index contributed by atoms with van der Waals surface area (Å²) < 4.78 is 7.95. The fourth-order valence-corrected chi connectivity index (χ4v) is 2.10. The van der Waals surface area contributed by atoms with Crippen molar-refractivity contribution in [2.24, 2.45) is 5.73 Å². The molecule has 1 saturated heterocycles. The summed E-state index contributed by atoms with van der Waals surface area (Å²) in [5.74, 6) is 1.07. The molecule has 1 aromatic heterocycles. The van der Waals surface area contributed by atoms with Gasteiger partial charge in [0.1, 0.15) is 5.82 Å². The molecule has 2 heterocycles. The first-order valence-corrected chi connectivity index (χ1v) is 5.65. The zero-order chi connectivity index (χ0) is 10.7. The van der Waals surface area contributed by atoms with Crippen LogP contribution in [0.4, 0.5) is 0 Å². The Labute approximate surface area is 90.4 Å². The molecule has 1 aromatic rings. The number of hydrogen-bond donors (Lipinski definition) is 1. The fraction of sp³-hybridized carbons (Fsp3) is 0.727. The molecular formula is C11H19N3O. The average Bonchev–Trinajstić information content (AvgIpc) is 2.78. The predicted octanol–water partition coefficient (Wildman–Crippen LogP) is 0.952. The van der Waals surface area contributed by atoms with Crippen molar-refractivity contribution >= 4 is 0 Å². The molecule has 1 fully saturated rings. The van der Waals surface area contributed by atoms with E-state index in [1.165, 1.54) is 6.42 Å². The highest BCUT2D eigenvalue weighted by Crippen LogP contribution is 2.20. The van der Waals surface area contributed by atoms with E-state index in [1.54, 1.807) is 0 Å². The van der Waals surface area contributed by atoms with Gasteiger partial charge in [-0.1, -0.05) is 0 Å². The number of ether oxygens (including phenoxy) is 1. The maximum atomic E-state index is 5.79. The van der Waals surface area contributed by atoms with E-state index >= 15 is 0 Å². The van der Waals surface area contributed by atoms with E-state index in [1.807, 2.05) is 12.4 Å². The molecule has 0 radical (unpaired) electrons. The number of imidazole rings is 1. The van der Waals surface area contributed by atoms with Crippen molar-refractivity contribution < 1.29 is 4.74 Å². The molecule has 2 rings (SSSR count). The molecule has 84 valence electrons. The Kier molecular flexibility index (Phi) is 3.38. The van der Waals surface area contributed by atoms with Crippen LogP contribution >= 0.6 is 0 Å². The van der Waals surface area contributed by atoms with Gasteiger partial charge in [-0.15, -0.1) is 0 Å². The summed E-state index contributed by atoms with van der Waals surface area (Å²) in [6, 6.07) is 0. The number of nitrogens with two attached hydrogens (primary N) is 1. The van der Waals surface area contributed by atoms with Crippen LogP contribution in [0.1, 0.15) is 25.6 Å². The van der Waals surface area contributed by atoms with E-state index in [4.69, 9.17) is 10.5 Å². The molecule has 0 saturated carbocycles. The lowest BCUT2D eigenvalue weighted by molar-refractivity contribution is 0.0453. The molecule has 1 aliphatic rings. The Hall–Kier alpha value is -0.870. The van der Waals surface area contributed by atoms with Gasteiger partial charge in [-0.25, -0.2) is 4.98 Å². The standard InChI is InChI=1S/C11H19N3O/c1-9-2-3-10(15-9)8-14-7-6-13-11(14)4-5-12/h6-7,9-10H,2-5,8,12H2,1H3. The smallest absolute Gasteiger partial charge is 0.109 e. The summed E-state index contributed by atoms with van der Waals surface area (Å²) in [5, 5.41) is 0. The lowest BCUT2D eigenvalue weighted by atomic mass is 10.2. The molecular weight excluding hydrogens is 190 g/mol. The van der Waals surface area contributed by atoms with Crippen LogP contribution in [0.3, 0.4) is 0 Å². The lowest BCUT2D eigenvalue weighted by Crippen LogP contribution is -2.19. The van der Waals surface area contributed by atoms with Gasteiger partial charge in [-0.3, -0.25) is 0 Å². The first-order chi connectivity index (χ1) is 7.29. The van der Waals surface area contributed by atoms with E-state index in [0.717, 1.165) is 25.2 Å². The van der Waals surface area contributed by atoms with Crippen molar-refractivity contribution in [3.63, 3.8) is 0 Å². The van der Waals surface area contributed by atoms with Crippen molar-refractivity contribution in [2.45, 2.75) is 44.9 Å². The van der Waals surface area contributed by atoms with Crippen LogP contribution in [0.15, 0.2) is 12.4 Å². The third-order valence-corrected chi connectivity index (χ3v) is 2.89. The third kappa shape index (κ3) is 2.58. The fourth-order valence-electron chi connectivity index (χ4n) is 2.10. The third-order valence-electron chi connectivity index (χ3n) is 2.89. The molecule has 2 unspecified atom stereocenters. The molecule has 0 bridgehead atoms. The van der Waals surface area contributed by atoms with Crippen LogP contribution < -0.4 is 5.73 Å². The van der Waals surface area contributed by atoms with Gasteiger partial charge < -0.3 is 15.0 Å². The Morgan fingerprint density at radius 2 is 2.47 bits per heavy atom. The Morgan fingerprint density at radius 3 is 3.13 bits per heavy atom. The lowest BCUT2D eigenvalue weighted by Gasteiger charge is -2.13. The van der Waals surface area contributed by atoms with Gasteiger partial charge in [0.2, 0.25) is 0 Å². The second-order valence-corrected chi connectivity index (χ2v) is 4.18. The van der Waals surface area contributed by atoms with Gasteiger partial charge >= 0.3 is 0 Å². The zero-order valence-electron chi connectivity index (χ0n) is 9.22. The maximum Gasteiger partial charge on any atom is 0.109 e. The highest BCUT2D eigenvalue weighted by Gasteiger charge is 2.22. The predicted molar refractivity (Wildman–Crippen MR) is 58.6 cm³/mol. The summed E-state index contributed by atoms with van der Waals surface area (Å²) in [7, 11) is 0. The van der Waals surface area contributed by atoms with Gasteiger partial charge in [0, 0.05) is 18.8 Å². The van der Waals surface area contributed by atoms with E-state index in [2.05, 4.69) is 16.5 Å². The quantitative estimate of drug-likeness (QED) is 0.803. The minimum Gasteiger partial charge on any atom is -0.373 e. The normalized spacial score (nSPS) is 26.0. The molecule has 0 aliphatic carbocycles. The van der Waals surface area contributed by atoms with Crippen molar-refractivity contribution in [2.75, 3.05) is 6.54 Å². The summed E-state index contributed by atoms with van der Waals surface area (Å²) in [4.78, 5) is 4.29. The van der Waals surface area contributed by atoms with Crippen LogP contribution in [-0.2, 0) is 17.7 Å². The van der Waals surface area contributed by atoms with Gasteiger partial charge in [0.05, 0.1) is 18.8 Å². The van der Waals surface area contributed by atoms with E-state index in [9.17, 15) is 0 Å². The van der Waals surface area contributed by atoms with E-state index in [-0.39, 0.29) is 0 Å². The molecule has 2 atom stereocenters.